The van der Waals surface area contributed by atoms with E-state index < -0.39 is 27.3 Å². The highest BCUT2D eigenvalue weighted by molar-refractivity contribution is 7.90. The number of halogens is 1. The lowest BCUT2D eigenvalue weighted by Gasteiger charge is -2.45. The molecule has 4 bridgehead atoms. The van der Waals surface area contributed by atoms with Gasteiger partial charge in [0.1, 0.15) is 5.75 Å². The number of carbonyl (C=O) groups excluding carboxylic acids is 1. The molecule has 7 rings (SSSR count). The summed E-state index contributed by atoms with van der Waals surface area (Å²) in [5, 5.41) is 11.4. The SMILES string of the molecule is O=C1NS(=O)(=O)[C@H]2CCC[C@H](/C=C/[C@H](O)[C@@H]3CC[C@H]3CN3C[C@@]4(CCCc5cc(Cl)ccc54)COc4ccc1cc43)C2. The predicted molar refractivity (Wildman–Crippen MR) is 164 cm³/mol. The van der Waals surface area contributed by atoms with Crippen molar-refractivity contribution in [1.82, 2.24) is 4.72 Å². The van der Waals surface area contributed by atoms with E-state index >= 15 is 0 Å². The topological polar surface area (TPSA) is 95.9 Å². The summed E-state index contributed by atoms with van der Waals surface area (Å²) in [7, 11) is -3.85. The molecular weight excluding hydrogens is 572 g/mol. The Morgan fingerprint density at radius 3 is 2.76 bits per heavy atom. The Labute approximate surface area is 253 Å². The first kappa shape index (κ1) is 28.2. The lowest BCUT2D eigenvalue weighted by molar-refractivity contribution is 0.0453. The van der Waals surface area contributed by atoms with Crippen LogP contribution in [0.2, 0.25) is 5.02 Å². The van der Waals surface area contributed by atoms with Gasteiger partial charge >= 0.3 is 0 Å². The Kier molecular flexibility index (Phi) is 7.30. The molecule has 2 heterocycles. The van der Waals surface area contributed by atoms with E-state index in [0.717, 1.165) is 62.2 Å². The van der Waals surface area contributed by atoms with Gasteiger partial charge in [0.15, 0.2) is 0 Å². The standard InChI is InChI=1S/C33H39ClN2O5S/c34-25-9-11-28-22(16-25)4-2-14-33(28)19-36-18-24-7-10-27(24)30(37)12-6-21-3-1-5-26(15-21)42(39,40)35-32(38)23-8-13-31(41-20-33)29(36)17-23/h6,8-9,11-13,16-17,21,24,26-27,30,37H,1-5,7,10,14-15,18-20H2,(H,35,38)/b12-6+/t21-,24+,26+,27-,30+,33+/m1/s1. The molecule has 0 saturated heterocycles. The highest BCUT2D eigenvalue weighted by atomic mass is 35.5. The fourth-order valence-corrected chi connectivity index (χ4v) is 9.85. The summed E-state index contributed by atoms with van der Waals surface area (Å²) in [5.41, 5.74) is 3.39. The summed E-state index contributed by atoms with van der Waals surface area (Å²) < 4.78 is 35.6. The number of hydrogen-bond acceptors (Lipinski definition) is 6. The number of amides is 1. The Hall–Kier alpha value is -2.55. The third-order valence-corrected chi connectivity index (χ3v) is 12.6. The van der Waals surface area contributed by atoms with Crippen LogP contribution in [0.1, 0.15) is 72.9 Å². The highest BCUT2D eigenvalue weighted by Crippen LogP contribution is 2.47. The fourth-order valence-electron chi connectivity index (χ4n) is 8.13. The van der Waals surface area contributed by atoms with Crippen LogP contribution in [0.15, 0.2) is 48.6 Å². The Morgan fingerprint density at radius 2 is 1.93 bits per heavy atom. The van der Waals surface area contributed by atoms with Crippen LogP contribution in [-0.4, -0.2) is 50.5 Å². The summed E-state index contributed by atoms with van der Waals surface area (Å²) in [6.07, 6.45) is 11.0. The number of hydrogen-bond donors (Lipinski definition) is 2. The number of carbonyl (C=O) groups is 1. The molecule has 9 heteroatoms. The van der Waals surface area contributed by atoms with Gasteiger partial charge in [0.25, 0.3) is 5.91 Å². The molecular formula is C33H39ClN2O5S. The normalized spacial score (nSPS) is 34.6. The van der Waals surface area contributed by atoms with E-state index in [1.54, 1.807) is 12.1 Å². The van der Waals surface area contributed by atoms with Crippen LogP contribution < -0.4 is 14.4 Å². The molecule has 2 aliphatic heterocycles. The zero-order valence-corrected chi connectivity index (χ0v) is 25.4. The van der Waals surface area contributed by atoms with Crippen LogP contribution in [0.25, 0.3) is 0 Å². The molecule has 0 radical (unpaired) electrons. The first-order valence-corrected chi connectivity index (χ1v) is 17.4. The van der Waals surface area contributed by atoms with E-state index in [4.69, 9.17) is 16.3 Å². The number of aliphatic hydroxyl groups is 1. The Bertz CT molecular complexity index is 1530. The Balaban J connectivity index is 1.30. The molecule has 7 nitrogen and oxygen atoms in total. The number of nitrogens with zero attached hydrogens (tertiary/aromatic N) is 1. The zero-order chi connectivity index (χ0) is 29.1. The van der Waals surface area contributed by atoms with E-state index in [-0.39, 0.29) is 17.3 Å². The van der Waals surface area contributed by atoms with Crippen molar-refractivity contribution in [2.24, 2.45) is 17.8 Å². The van der Waals surface area contributed by atoms with Crippen LogP contribution in [0, 0.1) is 17.8 Å². The minimum atomic E-state index is -3.85. The number of nitrogens with one attached hydrogen (secondary N) is 1. The van der Waals surface area contributed by atoms with Gasteiger partial charge in [0.2, 0.25) is 10.0 Å². The fraction of sp³-hybridized carbons (Fsp3) is 0.545. The van der Waals surface area contributed by atoms with Crippen molar-refractivity contribution in [3.8, 4) is 5.75 Å². The molecule has 5 aliphatic rings. The van der Waals surface area contributed by atoms with E-state index in [2.05, 4.69) is 21.8 Å². The number of allylic oxidation sites excluding steroid dienone is 1. The number of aliphatic hydroxyl groups excluding tert-OH is 1. The number of anilines is 1. The molecule has 6 atom stereocenters. The molecule has 224 valence electrons. The lowest BCUT2D eigenvalue weighted by Crippen LogP contribution is -2.49. The summed E-state index contributed by atoms with van der Waals surface area (Å²) in [4.78, 5) is 15.7. The number of sulfonamides is 1. The van der Waals surface area contributed by atoms with Crippen LogP contribution in [0.4, 0.5) is 5.69 Å². The van der Waals surface area contributed by atoms with Crippen LogP contribution in [-0.2, 0) is 21.9 Å². The highest BCUT2D eigenvalue weighted by Gasteiger charge is 2.44. The molecule has 2 fully saturated rings. The van der Waals surface area contributed by atoms with Gasteiger partial charge in [-0.25, -0.2) is 13.1 Å². The second-order valence-corrected chi connectivity index (χ2v) is 15.6. The van der Waals surface area contributed by atoms with Crippen molar-refractivity contribution >= 4 is 33.2 Å². The summed E-state index contributed by atoms with van der Waals surface area (Å²) in [6, 6.07) is 11.5. The second-order valence-electron chi connectivity index (χ2n) is 13.2. The summed E-state index contributed by atoms with van der Waals surface area (Å²) in [6.45, 7) is 1.94. The summed E-state index contributed by atoms with van der Waals surface area (Å²) in [5.74, 6) is 0.608. The molecule has 2 aromatic carbocycles. The van der Waals surface area contributed by atoms with Crippen molar-refractivity contribution in [2.45, 2.75) is 74.6 Å². The van der Waals surface area contributed by atoms with Crippen molar-refractivity contribution in [3.63, 3.8) is 0 Å². The van der Waals surface area contributed by atoms with E-state index in [1.165, 1.54) is 11.1 Å². The smallest absolute Gasteiger partial charge is 0.264 e. The van der Waals surface area contributed by atoms with Gasteiger partial charge in [-0.15, -0.1) is 0 Å². The number of ether oxygens (including phenoxy) is 1. The summed E-state index contributed by atoms with van der Waals surface area (Å²) >= 11 is 6.39. The van der Waals surface area contributed by atoms with Crippen LogP contribution in [0.5, 0.6) is 5.75 Å². The molecule has 2 N–H and O–H groups in total. The number of aryl methyl sites for hydroxylation is 1. The molecule has 1 spiro atoms. The van der Waals surface area contributed by atoms with Crippen molar-refractivity contribution in [1.29, 1.82) is 0 Å². The largest absolute Gasteiger partial charge is 0.490 e. The number of rotatable bonds is 0. The van der Waals surface area contributed by atoms with Crippen molar-refractivity contribution in [2.75, 3.05) is 24.6 Å². The lowest BCUT2D eigenvalue weighted by atomic mass is 9.68. The third-order valence-electron chi connectivity index (χ3n) is 10.6. The quantitative estimate of drug-likeness (QED) is 0.389. The van der Waals surface area contributed by atoms with E-state index in [0.29, 0.717) is 43.2 Å². The van der Waals surface area contributed by atoms with Gasteiger partial charge in [-0.1, -0.05) is 36.2 Å². The van der Waals surface area contributed by atoms with Gasteiger partial charge in [-0.3, -0.25) is 4.79 Å². The van der Waals surface area contributed by atoms with Gasteiger partial charge in [-0.2, -0.15) is 0 Å². The molecule has 0 unspecified atom stereocenters. The zero-order valence-electron chi connectivity index (χ0n) is 23.8. The molecule has 0 aromatic heterocycles. The van der Waals surface area contributed by atoms with Crippen LogP contribution >= 0.6 is 11.6 Å². The van der Waals surface area contributed by atoms with Gasteiger partial charge in [0, 0.05) is 29.1 Å². The van der Waals surface area contributed by atoms with E-state index in [9.17, 15) is 18.3 Å². The van der Waals surface area contributed by atoms with E-state index in [1.807, 2.05) is 24.3 Å². The van der Waals surface area contributed by atoms with Crippen molar-refractivity contribution in [3.05, 3.63) is 70.3 Å². The maximum absolute atomic E-state index is 13.4. The minimum Gasteiger partial charge on any atom is -0.490 e. The van der Waals surface area contributed by atoms with Gasteiger partial charge in [0.05, 0.1) is 23.6 Å². The molecule has 2 saturated carbocycles. The average Bonchev–Trinajstić information content (AvgIpc) is 3.10. The molecule has 42 heavy (non-hydrogen) atoms. The maximum atomic E-state index is 13.4. The monoisotopic (exact) mass is 610 g/mol. The third kappa shape index (κ3) is 5.13. The van der Waals surface area contributed by atoms with Gasteiger partial charge < -0.3 is 14.7 Å². The molecule has 2 aromatic rings. The van der Waals surface area contributed by atoms with Gasteiger partial charge in [-0.05, 0) is 111 Å². The first-order valence-electron chi connectivity index (χ1n) is 15.4. The minimum absolute atomic E-state index is 0.0740. The second kappa shape index (κ2) is 10.9. The average molecular weight is 611 g/mol. The maximum Gasteiger partial charge on any atom is 0.264 e. The Morgan fingerprint density at radius 1 is 1.05 bits per heavy atom. The van der Waals surface area contributed by atoms with Crippen molar-refractivity contribution < 1.29 is 23.1 Å². The van der Waals surface area contributed by atoms with Crippen LogP contribution in [0.3, 0.4) is 0 Å². The first-order chi connectivity index (χ1) is 20.2. The molecule has 1 amide bonds. The molecule has 3 aliphatic carbocycles. The number of benzene rings is 2. The predicted octanol–water partition coefficient (Wildman–Crippen LogP) is 5.39. The number of fused-ring (bicyclic) bond motifs is 6.